The first kappa shape index (κ1) is 12.4. The summed E-state index contributed by atoms with van der Waals surface area (Å²) in [5.41, 5.74) is 0. The highest BCUT2D eigenvalue weighted by Gasteiger charge is 2.28. The molecule has 0 bridgehead atoms. The number of hydrogen-bond donors (Lipinski definition) is 1. The molecule has 0 aromatic heterocycles. The van der Waals surface area contributed by atoms with E-state index < -0.39 is 0 Å². The van der Waals surface area contributed by atoms with Gasteiger partial charge in [0.2, 0.25) is 0 Å². The van der Waals surface area contributed by atoms with Crippen LogP contribution in [-0.4, -0.2) is 37.1 Å². The van der Waals surface area contributed by atoms with Gasteiger partial charge < -0.3 is 10.2 Å². The zero-order valence-corrected chi connectivity index (χ0v) is 11.2. The molecule has 2 heteroatoms. The van der Waals surface area contributed by atoms with Gasteiger partial charge in [0.25, 0.3) is 0 Å². The van der Waals surface area contributed by atoms with E-state index >= 15 is 0 Å². The summed E-state index contributed by atoms with van der Waals surface area (Å²) in [7, 11) is 2.33. The van der Waals surface area contributed by atoms with Crippen molar-refractivity contribution >= 4 is 0 Å². The number of nitrogens with zero attached hydrogens (tertiary/aromatic N) is 1. The van der Waals surface area contributed by atoms with E-state index in [1.54, 1.807) is 0 Å². The standard InChI is InChI=1S/C14H28N2/c1-11-7-12(2)9-14(8-11)16(3)10-13-5-4-6-15-13/h11-15H,4-10H2,1-3H3. The summed E-state index contributed by atoms with van der Waals surface area (Å²) < 4.78 is 0. The third-order valence-corrected chi connectivity index (χ3v) is 4.45. The fraction of sp³-hybridized carbons (Fsp3) is 1.00. The van der Waals surface area contributed by atoms with Crippen LogP contribution in [0.15, 0.2) is 0 Å². The molecule has 3 atom stereocenters. The summed E-state index contributed by atoms with van der Waals surface area (Å²) in [6.07, 6.45) is 7.01. The lowest BCUT2D eigenvalue weighted by atomic mass is 9.80. The molecule has 1 saturated carbocycles. The van der Waals surface area contributed by atoms with E-state index in [9.17, 15) is 0 Å². The van der Waals surface area contributed by atoms with Crippen LogP contribution in [0.25, 0.3) is 0 Å². The van der Waals surface area contributed by atoms with Gasteiger partial charge in [0.15, 0.2) is 0 Å². The molecule has 1 N–H and O–H groups in total. The third kappa shape index (κ3) is 3.21. The molecule has 2 fully saturated rings. The average molecular weight is 224 g/mol. The summed E-state index contributed by atoms with van der Waals surface area (Å²) >= 11 is 0. The molecule has 0 aromatic carbocycles. The minimum absolute atomic E-state index is 0.762. The molecule has 94 valence electrons. The Hall–Kier alpha value is -0.0800. The van der Waals surface area contributed by atoms with Gasteiger partial charge in [0.1, 0.15) is 0 Å². The Kier molecular flexibility index (Phi) is 4.26. The monoisotopic (exact) mass is 224 g/mol. The van der Waals surface area contributed by atoms with Crippen molar-refractivity contribution in [2.45, 2.75) is 58.0 Å². The minimum atomic E-state index is 0.762. The lowest BCUT2D eigenvalue weighted by molar-refractivity contribution is 0.126. The maximum atomic E-state index is 3.61. The Balaban J connectivity index is 1.80. The van der Waals surface area contributed by atoms with E-state index in [4.69, 9.17) is 0 Å². The second-order valence-electron chi connectivity index (χ2n) is 6.30. The van der Waals surface area contributed by atoms with E-state index in [1.807, 2.05) is 0 Å². The van der Waals surface area contributed by atoms with Crippen molar-refractivity contribution in [3.8, 4) is 0 Å². The largest absolute Gasteiger partial charge is 0.313 e. The Labute approximate surface area is 101 Å². The number of nitrogens with one attached hydrogen (secondary N) is 1. The van der Waals surface area contributed by atoms with Crippen LogP contribution in [0.1, 0.15) is 46.0 Å². The van der Waals surface area contributed by atoms with Crippen LogP contribution in [0.5, 0.6) is 0 Å². The quantitative estimate of drug-likeness (QED) is 0.792. The van der Waals surface area contributed by atoms with E-state index in [-0.39, 0.29) is 0 Å². The number of hydrogen-bond acceptors (Lipinski definition) is 2. The molecular weight excluding hydrogens is 196 g/mol. The van der Waals surface area contributed by atoms with Gasteiger partial charge in [-0.05, 0) is 57.5 Å². The zero-order valence-electron chi connectivity index (χ0n) is 11.2. The van der Waals surface area contributed by atoms with Gasteiger partial charge in [0.05, 0.1) is 0 Å². The molecule has 0 spiro atoms. The molecule has 1 heterocycles. The molecule has 1 saturated heterocycles. The van der Waals surface area contributed by atoms with Crippen molar-refractivity contribution in [2.75, 3.05) is 20.1 Å². The summed E-state index contributed by atoms with van der Waals surface area (Å²) in [6.45, 7) is 7.33. The van der Waals surface area contributed by atoms with Crippen molar-refractivity contribution in [1.82, 2.24) is 10.2 Å². The van der Waals surface area contributed by atoms with Crippen LogP contribution in [0.2, 0.25) is 0 Å². The van der Waals surface area contributed by atoms with Crippen LogP contribution >= 0.6 is 0 Å². The smallest absolute Gasteiger partial charge is 0.0195 e. The maximum Gasteiger partial charge on any atom is 0.0195 e. The Morgan fingerprint density at radius 2 is 1.81 bits per heavy atom. The SMILES string of the molecule is CC1CC(C)CC(N(C)CC2CCCN2)C1. The topological polar surface area (TPSA) is 15.3 Å². The Morgan fingerprint density at radius 1 is 1.12 bits per heavy atom. The first-order valence-corrected chi connectivity index (χ1v) is 7.08. The molecule has 2 aliphatic rings. The molecule has 0 amide bonds. The van der Waals surface area contributed by atoms with Crippen molar-refractivity contribution in [3.05, 3.63) is 0 Å². The molecule has 3 unspecified atom stereocenters. The lowest BCUT2D eigenvalue weighted by Gasteiger charge is -2.38. The van der Waals surface area contributed by atoms with Crippen LogP contribution in [0, 0.1) is 11.8 Å². The highest BCUT2D eigenvalue weighted by atomic mass is 15.2. The molecule has 1 aliphatic heterocycles. The summed E-state index contributed by atoms with van der Waals surface area (Å²) in [6, 6.07) is 1.60. The molecule has 0 radical (unpaired) electrons. The van der Waals surface area contributed by atoms with Crippen LogP contribution in [-0.2, 0) is 0 Å². The van der Waals surface area contributed by atoms with Crippen LogP contribution in [0.4, 0.5) is 0 Å². The van der Waals surface area contributed by atoms with Crippen LogP contribution in [0.3, 0.4) is 0 Å². The van der Waals surface area contributed by atoms with E-state index in [1.165, 1.54) is 45.2 Å². The first-order valence-electron chi connectivity index (χ1n) is 7.08. The maximum absolute atomic E-state index is 3.61. The summed E-state index contributed by atoms with van der Waals surface area (Å²) in [5.74, 6) is 1.85. The van der Waals surface area contributed by atoms with Gasteiger partial charge in [-0.3, -0.25) is 0 Å². The van der Waals surface area contributed by atoms with Crippen LogP contribution < -0.4 is 5.32 Å². The molecule has 2 rings (SSSR count). The Bertz CT molecular complexity index is 201. The average Bonchev–Trinajstić information content (AvgIpc) is 2.68. The normalized spacial score (nSPS) is 40.5. The second-order valence-corrected chi connectivity index (χ2v) is 6.30. The third-order valence-electron chi connectivity index (χ3n) is 4.45. The molecule has 0 aromatic rings. The van der Waals surface area contributed by atoms with Gasteiger partial charge in [0, 0.05) is 18.6 Å². The van der Waals surface area contributed by atoms with Crippen molar-refractivity contribution in [1.29, 1.82) is 0 Å². The predicted molar refractivity (Wildman–Crippen MR) is 69.6 cm³/mol. The first-order chi connectivity index (χ1) is 7.65. The van der Waals surface area contributed by atoms with Gasteiger partial charge >= 0.3 is 0 Å². The zero-order chi connectivity index (χ0) is 11.5. The van der Waals surface area contributed by atoms with Crippen molar-refractivity contribution in [2.24, 2.45) is 11.8 Å². The van der Waals surface area contributed by atoms with Gasteiger partial charge in [-0.25, -0.2) is 0 Å². The fourth-order valence-corrected chi connectivity index (χ4v) is 3.67. The molecule has 1 aliphatic carbocycles. The van der Waals surface area contributed by atoms with E-state index in [0.29, 0.717) is 0 Å². The number of rotatable bonds is 3. The fourth-order valence-electron chi connectivity index (χ4n) is 3.67. The van der Waals surface area contributed by atoms with Gasteiger partial charge in [-0.1, -0.05) is 13.8 Å². The summed E-state index contributed by atoms with van der Waals surface area (Å²) in [5, 5.41) is 3.61. The predicted octanol–water partition coefficient (Wildman–Crippen LogP) is 2.49. The van der Waals surface area contributed by atoms with E-state index in [0.717, 1.165) is 23.9 Å². The minimum Gasteiger partial charge on any atom is -0.313 e. The van der Waals surface area contributed by atoms with Crippen molar-refractivity contribution < 1.29 is 0 Å². The molecule has 2 nitrogen and oxygen atoms in total. The second kappa shape index (κ2) is 5.50. The lowest BCUT2D eigenvalue weighted by Crippen LogP contribution is -2.44. The molecular formula is C14H28N2. The molecule has 16 heavy (non-hydrogen) atoms. The van der Waals surface area contributed by atoms with E-state index in [2.05, 4.69) is 31.1 Å². The summed E-state index contributed by atoms with van der Waals surface area (Å²) in [4.78, 5) is 2.62. The highest BCUT2D eigenvalue weighted by Crippen LogP contribution is 2.31. The van der Waals surface area contributed by atoms with Crippen molar-refractivity contribution in [3.63, 3.8) is 0 Å². The highest BCUT2D eigenvalue weighted by molar-refractivity contribution is 4.84. The van der Waals surface area contributed by atoms with Gasteiger partial charge in [-0.15, -0.1) is 0 Å². The van der Waals surface area contributed by atoms with Gasteiger partial charge in [-0.2, -0.15) is 0 Å². The Morgan fingerprint density at radius 3 is 2.38 bits per heavy atom. The number of likely N-dealkylation sites (N-methyl/N-ethyl adjacent to an activating group) is 1.